The van der Waals surface area contributed by atoms with E-state index in [1.54, 1.807) is 0 Å². The number of rotatable bonds is 76. The summed E-state index contributed by atoms with van der Waals surface area (Å²) in [5.41, 5.74) is 0. The minimum Gasteiger partial charge on any atom is -0.462 e. The van der Waals surface area contributed by atoms with Gasteiger partial charge in [0.1, 0.15) is 19.3 Å². The molecule has 0 aromatic heterocycles. The molecule has 0 radical (unpaired) electrons. The van der Waals surface area contributed by atoms with Gasteiger partial charge >= 0.3 is 39.5 Å². The van der Waals surface area contributed by atoms with Gasteiger partial charge in [0.2, 0.25) is 0 Å². The fourth-order valence-corrected chi connectivity index (χ4v) is 13.3. The van der Waals surface area contributed by atoms with E-state index in [2.05, 4.69) is 72.8 Å². The Morgan fingerprint density at radius 3 is 0.899 bits per heavy atom. The third-order valence-electron chi connectivity index (χ3n) is 18.4. The van der Waals surface area contributed by atoms with Crippen LogP contribution in [0.2, 0.25) is 0 Å². The molecule has 0 aromatic rings. The van der Waals surface area contributed by atoms with Crippen molar-refractivity contribution in [1.82, 2.24) is 0 Å². The number of unbranched alkanes of at least 4 members (excludes halogenated alkanes) is 40. The number of phosphoric acid groups is 2. The summed E-state index contributed by atoms with van der Waals surface area (Å²) in [7, 11) is -9.93. The van der Waals surface area contributed by atoms with Crippen LogP contribution in [0.3, 0.4) is 0 Å². The first kappa shape index (κ1) is 96.5. The molecule has 0 aliphatic rings. The van der Waals surface area contributed by atoms with Crippen molar-refractivity contribution in [3.05, 3.63) is 24.3 Å². The first-order valence-corrected chi connectivity index (χ1v) is 43.7. The van der Waals surface area contributed by atoms with Crippen LogP contribution in [0.5, 0.6) is 0 Å². The lowest BCUT2D eigenvalue weighted by Crippen LogP contribution is -2.30. The molecule has 0 fully saturated rings. The fraction of sp³-hybridized carbons (Fsp3) is 0.900. The molecule has 0 aliphatic carbocycles. The van der Waals surface area contributed by atoms with E-state index in [1.807, 2.05) is 0 Å². The second-order valence-corrected chi connectivity index (χ2v) is 32.2. The quantitative estimate of drug-likeness (QED) is 0.0169. The van der Waals surface area contributed by atoms with E-state index in [0.717, 1.165) is 121 Å². The lowest BCUT2D eigenvalue weighted by Gasteiger charge is -2.21. The van der Waals surface area contributed by atoms with Gasteiger partial charge in [-0.2, -0.15) is 0 Å². The van der Waals surface area contributed by atoms with Crippen LogP contribution in [0.15, 0.2) is 24.3 Å². The Kier molecular flexibility index (Phi) is 68.1. The zero-order chi connectivity index (χ0) is 73.0. The van der Waals surface area contributed by atoms with Crippen molar-refractivity contribution in [3.8, 4) is 0 Å². The van der Waals surface area contributed by atoms with Gasteiger partial charge in [0.15, 0.2) is 12.2 Å². The second kappa shape index (κ2) is 69.9. The van der Waals surface area contributed by atoms with Gasteiger partial charge in [-0.3, -0.25) is 37.3 Å². The van der Waals surface area contributed by atoms with Gasteiger partial charge in [-0.25, -0.2) is 9.13 Å². The standard InChI is InChI=1S/C80H152O17P2/c1-8-10-11-12-13-14-15-16-21-26-29-35-40-49-56-63-79(84)96-75(67-90-77(82)61-54-47-39-34-28-25-23-20-18-17-19-22-24-27-33-38-46-53-60-73(7)9-2)69-94-98(86,87)92-65-74(81)66-93-99(88,89)95-70-76(68-91-78(83)62-55-48-43-42-45-52-59-72(5)6)97-80(85)64-57-50-41-36-31-30-32-37-44-51-58-71(3)4/h14-16,21,71-76,81H,8-13,17-20,22-70H2,1-7H3,(H,86,87)(H,88,89)/b15-14-,21-16-/t73?,74-,75-,76-/m1/s1. The summed E-state index contributed by atoms with van der Waals surface area (Å²) >= 11 is 0. The molecule has 0 amide bonds. The van der Waals surface area contributed by atoms with Crippen molar-refractivity contribution in [3.63, 3.8) is 0 Å². The third kappa shape index (κ3) is 72.3. The number of aliphatic hydroxyl groups is 1. The monoisotopic (exact) mass is 1450 g/mol. The second-order valence-electron chi connectivity index (χ2n) is 29.3. The molecule has 0 saturated heterocycles. The molecule has 6 atom stereocenters. The maximum Gasteiger partial charge on any atom is 0.472 e. The molecule has 99 heavy (non-hydrogen) atoms. The maximum atomic E-state index is 13.1. The molecule has 17 nitrogen and oxygen atoms in total. The average Bonchev–Trinajstić information content (AvgIpc) is 1.17. The molecule has 584 valence electrons. The Hall–Kier alpha value is -2.46. The number of allylic oxidation sites excluding steroid dienone is 4. The molecule has 3 N–H and O–H groups in total. The van der Waals surface area contributed by atoms with E-state index in [9.17, 15) is 43.2 Å². The van der Waals surface area contributed by atoms with Crippen LogP contribution in [0, 0.1) is 17.8 Å². The number of esters is 4. The van der Waals surface area contributed by atoms with Crippen LogP contribution in [0.25, 0.3) is 0 Å². The van der Waals surface area contributed by atoms with Gasteiger partial charge in [0, 0.05) is 25.7 Å². The molecule has 0 aromatic carbocycles. The van der Waals surface area contributed by atoms with Crippen molar-refractivity contribution >= 4 is 39.5 Å². The smallest absolute Gasteiger partial charge is 0.462 e. The normalized spacial score (nSPS) is 14.4. The largest absolute Gasteiger partial charge is 0.472 e. The summed E-state index contributed by atoms with van der Waals surface area (Å²) in [6.45, 7) is 11.8. The zero-order valence-electron chi connectivity index (χ0n) is 64.4. The number of carbonyl (C=O) groups excluding carboxylic acids is 4. The molecule has 0 heterocycles. The summed E-state index contributed by atoms with van der Waals surface area (Å²) in [5, 5.41) is 10.6. The van der Waals surface area contributed by atoms with Crippen molar-refractivity contribution in [2.75, 3.05) is 39.6 Å². The summed E-state index contributed by atoms with van der Waals surface area (Å²) < 4.78 is 68.5. The number of ether oxygens (including phenoxy) is 4. The predicted octanol–water partition coefficient (Wildman–Crippen LogP) is 23.3. The molecular weight excluding hydrogens is 1290 g/mol. The Morgan fingerprint density at radius 1 is 0.333 bits per heavy atom. The average molecular weight is 1450 g/mol. The van der Waals surface area contributed by atoms with Gasteiger partial charge in [-0.15, -0.1) is 0 Å². The third-order valence-corrected chi connectivity index (χ3v) is 20.3. The summed E-state index contributed by atoms with van der Waals surface area (Å²) in [5.74, 6) is 0.153. The highest BCUT2D eigenvalue weighted by molar-refractivity contribution is 7.47. The Bertz CT molecular complexity index is 2020. The Balaban J connectivity index is 5.21. The zero-order valence-corrected chi connectivity index (χ0v) is 66.2. The summed E-state index contributed by atoms with van der Waals surface area (Å²) in [4.78, 5) is 72.9. The highest BCUT2D eigenvalue weighted by Crippen LogP contribution is 2.45. The van der Waals surface area contributed by atoms with Crippen LogP contribution >= 0.6 is 15.6 Å². The van der Waals surface area contributed by atoms with E-state index in [4.69, 9.17) is 37.0 Å². The van der Waals surface area contributed by atoms with Gasteiger partial charge in [0.25, 0.3) is 0 Å². The van der Waals surface area contributed by atoms with Crippen molar-refractivity contribution in [1.29, 1.82) is 0 Å². The van der Waals surface area contributed by atoms with Crippen LogP contribution in [0.4, 0.5) is 0 Å². The van der Waals surface area contributed by atoms with Crippen molar-refractivity contribution < 1.29 is 80.2 Å². The van der Waals surface area contributed by atoms with Gasteiger partial charge in [-0.05, 0) is 69.1 Å². The van der Waals surface area contributed by atoms with Gasteiger partial charge < -0.3 is 33.8 Å². The van der Waals surface area contributed by atoms with E-state index < -0.39 is 97.5 Å². The minimum absolute atomic E-state index is 0.0851. The predicted molar refractivity (Wildman–Crippen MR) is 404 cm³/mol. The minimum atomic E-state index is -4.97. The van der Waals surface area contributed by atoms with Crippen molar-refractivity contribution in [2.45, 2.75) is 407 Å². The van der Waals surface area contributed by atoms with E-state index >= 15 is 0 Å². The maximum absolute atomic E-state index is 13.1. The molecule has 19 heteroatoms. The number of carbonyl (C=O) groups is 4. The van der Waals surface area contributed by atoms with Gasteiger partial charge in [0.05, 0.1) is 26.4 Å². The topological polar surface area (TPSA) is 237 Å². The van der Waals surface area contributed by atoms with Crippen molar-refractivity contribution in [2.24, 2.45) is 17.8 Å². The molecular formula is C80H152O17P2. The first-order chi connectivity index (χ1) is 47.8. The Labute approximate surface area is 605 Å². The number of hydrogen-bond acceptors (Lipinski definition) is 15. The number of aliphatic hydroxyl groups excluding tert-OH is 1. The van der Waals surface area contributed by atoms with E-state index in [0.29, 0.717) is 31.6 Å². The summed E-state index contributed by atoms with van der Waals surface area (Å²) in [6.07, 6.45) is 60.7. The lowest BCUT2D eigenvalue weighted by atomic mass is 9.99. The molecule has 0 saturated carbocycles. The molecule has 0 bridgehead atoms. The van der Waals surface area contributed by atoms with E-state index in [-0.39, 0.29) is 25.7 Å². The molecule has 0 aliphatic heterocycles. The molecule has 0 spiro atoms. The Morgan fingerprint density at radius 2 is 0.596 bits per heavy atom. The fourth-order valence-electron chi connectivity index (χ4n) is 11.7. The van der Waals surface area contributed by atoms with Crippen LogP contribution < -0.4 is 0 Å². The molecule has 3 unspecified atom stereocenters. The van der Waals surface area contributed by atoms with Crippen LogP contribution in [-0.2, 0) is 65.4 Å². The van der Waals surface area contributed by atoms with E-state index in [1.165, 1.54) is 180 Å². The first-order valence-electron chi connectivity index (χ1n) is 40.7. The van der Waals surface area contributed by atoms with Gasteiger partial charge in [-0.1, -0.05) is 336 Å². The molecule has 0 rings (SSSR count). The highest BCUT2D eigenvalue weighted by atomic mass is 31.2. The number of phosphoric ester groups is 2. The highest BCUT2D eigenvalue weighted by Gasteiger charge is 2.30. The lowest BCUT2D eigenvalue weighted by molar-refractivity contribution is -0.161. The SMILES string of the molecule is CCCCCC/C=C\C=C/CCCCCCCC(=O)O[C@H](COC(=O)CCCCCCCCCCCCCCCCCCCCC(C)CC)COP(=O)(O)OC[C@@H](O)COP(=O)(O)OC[C@@H](COC(=O)CCCCCCCCC(C)C)OC(=O)CCCCCCCCCCCCC(C)C. The summed E-state index contributed by atoms with van der Waals surface area (Å²) in [6, 6.07) is 0. The van der Waals surface area contributed by atoms with Crippen LogP contribution in [0.1, 0.15) is 389 Å². The number of hydrogen-bond donors (Lipinski definition) is 3. The van der Waals surface area contributed by atoms with Crippen LogP contribution in [-0.4, -0.2) is 96.7 Å².